The van der Waals surface area contributed by atoms with E-state index in [1.54, 1.807) is 0 Å². The zero-order valence-electron chi connectivity index (χ0n) is 9.52. The fraction of sp³-hybridized carbons (Fsp3) is 0.800. The highest BCUT2D eigenvalue weighted by molar-refractivity contribution is 4.95. The van der Waals surface area contributed by atoms with Gasteiger partial charge in [-0.25, -0.2) is 4.98 Å². The Morgan fingerprint density at radius 2 is 2.50 bits per heavy atom. The number of aliphatic hydroxyl groups excluding tert-OH is 1. The summed E-state index contributed by atoms with van der Waals surface area (Å²) < 4.78 is 5.63. The number of ether oxygens (including phenoxy) is 1. The highest BCUT2D eigenvalue weighted by atomic mass is 16.5. The maximum absolute atomic E-state index is 8.90. The van der Waals surface area contributed by atoms with Gasteiger partial charge in [-0.2, -0.15) is 5.10 Å². The first kappa shape index (κ1) is 11.5. The summed E-state index contributed by atoms with van der Waals surface area (Å²) in [6.07, 6.45) is 1.07. The monoisotopic (exact) mass is 226 g/mol. The Morgan fingerprint density at radius 3 is 3.19 bits per heavy atom. The third-order valence-corrected chi connectivity index (χ3v) is 2.68. The Balaban J connectivity index is 1.98. The molecule has 1 fully saturated rings. The maximum atomic E-state index is 8.90. The second-order valence-electron chi connectivity index (χ2n) is 3.96. The number of nitrogens with one attached hydrogen (secondary N) is 1. The topological polar surface area (TPSA) is 74.3 Å². The standard InChI is InChI=1S/C10H18N4O2/c1-2-3-14-4-5-16-8(6-14)10-11-9(7-15)12-13-10/h8,15H,2-7H2,1H3,(H,11,12,13). The van der Waals surface area contributed by atoms with Gasteiger partial charge in [0.05, 0.1) is 6.61 Å². The van der Waals surface area contributed by atoms with E-state index >= 15 is 0 Å². The van der Waals surface area contributed by atoms with E-state index in [4.69, 9.17) is 9.84 Å². The molecule has 0 bridgehead atoms. The summed E-state index contributed by atoms with van der Waals surface area (Å²) in [6.45, 7) is 5.66. The minimum absolute atomic E-state index is 0.0724. The molecule has 1 saturated heterocycles. The Hall–Kier alpha value is -0.980. The van der Waals surface area contributed by atoms with Crippen LogP contribution in [-0.2, 0) is 11.3 Å². The molecule has 0 aliphatic carbocycles. The van der Waals surface area contributed by atoms with E-state index in [1.807, 2.05) is 0 Å². The predicted octanol–water partition coefficient (Wildman–Crippen LogP) is 0.0803. The number of hydrogen-bond acceptors (Lipinski definition) is 5. The largest absolute Gasteiger partial charge is 0.388 e. The van der Waals surface area contributed by atoms with Crippen molar-refractivity contribution >= 4 is 0 Å². The van der Waals surface area contributed by atoms with E-state index in [9.17, 15) is 0 Å². The van der Waals surface area contributed by atoms with Gasteiger partial charge in [-0.1, -0.05) is 6.92 Å². The molecule has 0 aromatic carbocycles. The number of H-pyrrole nitrogens is 1. The van der Waals surface area contributed by atoms with Crippen molar-refractivity contribution in [3.8, 4) is 0 Å². The zero-order valence-corrected chi connectivity index (χ0v) is 9.52. The van der Waals surface area contributed by atoms with Gasteiger partial charge >= 0.3 is 0 Å². The van der Waals surface area contributed by atoms with Crippen LogP contribution in [0.5, 0.6) is 0 Å². The molecule has 16 heavy (non-hydrogen) atoms. The average molecular weight is 226 g/mol. The molecule has 2 heterocycles. The van der Waals surface area contributed by atoms with Crippen LogP contribution in [0.15, 0.2) is 0 Å². The van der Waals surface area contributed by atoms with Crippen LogP contribution in [0.25, 0.3) is 0 Å². The van der Waals surface area contributed by atoms with Crippen molar-refractivity contribution < 1.29 is 9.84 Å². The summed E-state index contributed by atoms with van der Waals surface area (Å²) in [6, 6.07) is 0. The smallest absolute Gasteiger partial charge is 0.180 e. The first-order valence-corrected chi connectivity index (χ1v) is 5.69. The summed E-state index contributed by atoms with van der Waals surface area (Å²) in [5.41, 5.74) is 0. The highest BCUT2D eigenvalue weighted by Crippen LogP contribution is 2.18. The molecule has 0 saturated carbocycles. The summed E-state index contributed by atoms with van der Waals surface area (Å²) in [4.78, 5) is 6.53. The molecule has 0 spiro atoms. The number of rotatable bonds is 4. The lowest BCUT2D eigenvalue weighted by molar-refractivity contribution is -0.0340. The van der Waals surface area contributed by atoms with Crippen LogP contribution in [0.2, 0.25) is 0 Å². The van der Waals surface area contributed by atoms with E-state index in [0.717, 1.165) is 26.1 Å². The predicted molar refractivity (Wildman–Crippen MR) is 57.7 cm³/mol. The van der Waals surface area contributed by atoms with Crippen molar-refractivity contribution in [3.05, 3.63) is 11.6 Å². The fourth-order valence-corrected chi connectivity index (χ4v) is 1.90. The zero-order chi connectivity index (χ0) is 11.4. The molecule has 0 radical (unpaired) electrons. The lowest BCUT2D eigenvalue weighted by Crippen LogP contribution is -2.39. The fourth-order valence-electron chi connectivity index (χ4n) is 1.90. The van der Waals surface area contributed by atoms with E-state index in [-0.39, 0.29) is 12.7 Å². The first-order chi connectivity index (χ1) is 7.83. The Bertz CT molecular complexity index is 326. The number of aromatic nitrogens is 3. The number of aromatic amines is 1. The normalized spacial score (nSPS) is 22.5. The average Bonchev–Trinajstić information content (AvgIpc) is 2.78. The van der Waals surface area contributed by atoms with Crippen LogP contribution in [0.3, 0.4) is 0 Å². The maximum Gasteiger partial charge on any atom is 0.180 e. The summed E-state index contributed by atoms with van der Waals surface area (Å²) in [5, 5.41) is 15.6. The Kier molecular flexibility index (Phi) is 3.87. The van der Waals surface area contributed by atoms with E-state index in [1.165, 1.54) is 0 Å². The Labute approximate surface area is 94.6 Å². The molecule has 90 valence electrons. The molecule has 2 rings (SSSR count). The SMILES string of the molecule is CCCN1CCOC(c2n[nH]c(CO)n2)C1. The molecule has 1 aromatic heterocycles. The molecule has 1 unspecified atom stereocenters. The minimum Gasteiger partial charge on any atom is -0.388 e. The van der Waals surface area contributed by atoms with Crippen molar-refractivity contribution in [2.75, 3.05) is 26.2 Å². The van der Waals surface area contributed by atoms with Crippen LogP contribution in [0, 0.1) is 0 Å². The molecule has 1 aromatic rings. The molecule has 6 heteroatoms. The lowest BCUT2D eigenvalue weighted by Gasteiger charge is -2.31. The molecule has 1 atom stereocenters. The van der Waals surface area contributed by atoms with Crippen LogP contribution >= 0.6 is 0 Å². The summed E-state index contributed by atoms with van der Waals surface area (Å²) >= 11 is 0. The van der Waals surface area contributed by atoms with Gasteiger partial charge in [-0.05, 0) is 13.0 Å². The van der Waals surface area contributed by atoms with Gasteiger partial charge in [0.25, 0.3) is 0 Å². The minimum atomic E-state index is -0.113. The number of nitrogens with zero attached hydrogens (tertiary/aromatic N) is 3. The van der Waals surface area contributed by atoms with Crippen LogP contribution in [-0.4, -0.2) is 51.4 Å². The number of hydrogen-bond donors (Lipinski definition) is 2. The number of aliphatic hydroxyl groups is 1. The van der Waals surface area contributed by atoms with Crippen molar-refractivity contribution in [3.63, 3.8) is 0 Å². The van der Waals surface area contributed by atoms with Crippen molar-refractivity contribution in [2.24, 2.45) is 0 Å². The molecule has 0 amide bonds. The van der Waals surface area contributed by atoms with Gasteiger partial charge in [0.2, 0.25) is 0 Å². The Morgan fingerprint density at radius 1 is 1.62 bits per heavy atom. The quantitative estimate of drug-likeness (QED) is 0.760. The molecule has 2 N–H and O–H groups in total. The summed E-state index contributed by atoms with van der Waals surface area (Å²) in [7, 11) is 0. The third-order valence-electron chi connectivity index (χ3n) is 2.68. The van der Waals surface area contributed by atoms with Gasteiger partial charge < -0.3 is 9.84 Å². The van der Waals surface area contributed by atoms with Crippen molar-refractivity contribution in [2.45, 2.75) is 26.1 Å². The van der Waals surface area contributed by atoms with Gasteiger partial charge in [-0.3, -0.25) is 10.00 Å². The third kappa shape index (κ3) is 2.58. The van der Waals surface area contributed by atoms with Crippen molar-refractivity contribution in [1.29, 1.82) is 0 Å². The van der Waals surface area contributed by atoms with E-state index in [2.05, 4.69) is 27.0 Å². The van der Waals surface area contributed by atoms with Crippen LogP contribution in [0.4, 0.5) is 0 Å². The lowest BCUT2D eigenvalue weighted by atomic mass is 10.2. The summed E-state index contributed by atoms with van der Waals surface area (Å²) in [5.74, 6) is 1.14. The van der Waals surface area contributed by atoms with Gasteiger partial charge in [0.1, 0.15) is 18.5 Å². The van der Waals surface area contributed by atoms with Crippen molar-refractivity contribution in [1.82, 2.24) is 20.1 Å². The highest BCUT2D eigenvalue weighted by Gasteiger charge is 2.24. The molecule has 6 nitrogen and oxygen atoms in total. The second kappa shape index (κ2) is 5.38. The van der Waals surface area contributed by atoms with Crippen LogP contribution < -0.4 is 0 Å². The first-order valence-electron chi connectivity index (χ1n) is 5.69. The number of morpholine rings is 1. The van der Waals surface area contributed by atoms with Crippen LogP contribution in [0.1, 0.15) is 31.1 Å². The molecule has 1 aliphatic heterocycles. The van der Waals surface area contributed by atoms with Gasteiger partial charge in [0, 0.05) is 13.1 Å². The van der Waals surface area contributed by atoms with Gasteiger partial charge in [0.15, 0.2) is 5.82 Å². The molecular weight excluding hydrogens is 208 g/mol. The molecule has 1 aliphatic rings. The van der Waals surface area contributed by atoms with Gasteiger partial charge in [-0.15, -0.1) is 0 Å². The van der Waals surface area contributed by atoms with E-state index < -0.39 is 0 Å². The molecular formula is C10H18N4O2. The van der Waals surface area contributed by atoms with E-state index in [0.29, 0.717) is 18.3 Å². The second-order valence-corrected chi connectivity index (χ2v) is 3.96.